The number of fused-ring (bicyclic) bond motifs is 1. The molecule has 0 aliphatic carbocycles. The Bertz CT molecular complexity index is 669. The number of hydrogen-bond acceptors (Lipinski definition) is 5. The molecule has 0 fully saturated rings. The number of hydrogen-bond donors (Lipinski definition) is 0. The number of rotatable bonds is 5. The van der Waals surface area contributed by atoms with Crippen molar-refractivity contribution in [3.63, 3.8) is 0 Å². The molecule has 0 bridgehead atoms. The Morgan fingerprint density at radius 1 is 1.38 bits per heavy atom. The molecule has 0 spiro atoms. The lowest BCUT2D eigenvalue weighted by molar-refractivity contribution is -0.133. The lowest BCUT2D eigenvalue weighted by Gasteiger charge is -2.14. The summed E-state index contributed by atoms with van der Waals surface area (Å²) in [5.74, 6) is -0.821. The van der Waals surface area contributed by atoms with Gasteiger partial charge in [0, 0.05) is 18.3 Å². The summed E-state index contributed by atoms with van der Waals surface area (Å²) in [5.41, 5.74) is 0. The lowest BCUT2D eigenvalue weighted by atomic mass is 10.2. The second-order valence-corrected chi connectivity index (χ2v) is 5.53. The monoisotopic (exact) mass is 302 g/mol. The van der Waals surface area contributed by atoms with Crippen LogP contribution in [0.15, 0.2) is 30.3 Å². The van der Waals surface area contributed by atoms with Gasteiger partial charge < -0.3 is 9.64 Å². The first-order valence-electron chi connectivity index (χ1n) is 6.38. The minimum atomic E-state index is -0.502. The van der Waals surface area contributed by atoms with E-state index in [0.717, 1.165) is 10.1 Å². The number of likely N-dealkylation sites (N-methyl/N-ethyl adjacent to an activating group) is 1. The molecule has 1 amide bonds. The molecule has 0 unspecified atom stereocenters. The Balaban J connectivity index is 1.92. The number of carbonyl (C=O) groups excluding carboxylic acids is 2. The Morgan fingerprint density at radius 2 is 2.14 bits per heavy atom. The molecule has 6 heteroatoms. The zero-order valence-electron chi connectivity index (χ0n) is 11.5. The van der Waals surface area contributed by atoms with Crippen LogP contribution in [0.4, 0.5) is 0 Å². The highest BCUT2D eigenvalue weighted by atomic mass is 32.1. The molecule has 0 atom stereocenters. The Morgan fingerprint density at radius 3 is 2.86 bits per heavy atom. The topological polar surface area (TPSA) is 70.4 Å². The van der Waals surface area contributed by atoms with Gasteiger partial charge in [-0.25, -0.2) is 4.79 Å². The van der Waals surface area contributed by atoms with E-state index >= 15 is 0 Å². The van der Waals surface area contributed by atoms with E-state index in [-0.39, 0.29) is 18.9 Å². The number of carbonyl (C=O) groups is 2. The number of thiophene rings is 1. The van der Waals surface area contributed by atoms with Crippen LogP contribution in [-0.2, 0) is 9.53 Å². The van der Waals surface area contributed by atoms with Crippen LogP contribution >= 0.6 is 11.3 Å². The summed E-state index contributed by atoms with van der Waals surface area (Å²) < 4.78 is 6.02. The number of benzene rings is 1. The summed E-state index contributed by atoms with van der Waals surface area (Å²) in [4.78, 5) is 25.5. The first kappa shape index (κ1) is 15.0. The predicted octanol–water partition coefficient (Wildman–Crippen LogP) is 2.43. The normalized spacial score (nSPS) is 10.1. The highest BCUT2D eigenvalue weighted by Crippen LogP contribution is 2.25. The van der Waals surface area contributed by atoms with Gasteiger partial charge in [-0.2, -0.15) is 5.26 Å². The first-order valence-corrected chi connectivity index (χ1v) is 7.20. The maximum Gasteiger partial charge on any atom is 0.348 e. The van der Waals surface area contributed by atoms with Gasteiger partial charge in [-0.1, -0.05) is 18.2 Å². The van der Waals surface area contributed by atoms with E-state index < -0.39 is 5.97 Å². The van der Waals surface area contributed by atoms with Gasteiger partial charge in [0.05, 0.1) is 12.5 Å². The molecule has 5 nitrogen and oxygen atoms in total. The Kier molecular flexibility index (Phi) is 4.90. The van der Waals surface area contributed by atoms with Crippen molar-refractivity contribution in [2.24, 2.45) is 0 Å². The van der Waals surface area contributed by atoms with Crippen molar-refractivity contribution >= 4 is 33.3 Å². The summed E-state index contributed by atoms with van der Waals surface area (Å²) in [5, 5.41) is 9.44. The van der Waals surface area contributed by atoms with Crippen LogP contribution in [-0.4, -0.2) is 37.0 Å². The molecule has 2 aromatic rings. The number of nitrogens with zero attached hydrogens (tertiary/aromatic N) is 2. The van der Waals surface area contributed by atoms with Crippen LogP contribution < -0.4 is 0 Å². The number of ether oxygens (including phenoxy) is 1. The molecule has 1 aromatic carbocycles. The Hall–Kier alpha value is -2.39. The number of amides is 1. The zero-order valence-corrected chi connectivity index (χ0v) is 12.4. The fourth-order valence-electron chi connectivity index (χ4n) is 1.73. The van der Waals surface area contributed by atoms with E-state index in [1.54, 1.807) is 13.1 Å². The van der Waals surface area contributed by atoms with Crippen molar-refractivity contribution in [3.05, 3.63) is 35.2 Å². The fourth-order valence-corrected chi connectivity index (χ4v) is 2.69. The van der Waals surface area contributed by atoms with Gasteiger partial charge in [-0.05, 0) is 17.5 Å². The second-order valence-electron chi connectivity index (χ2n) is 4.45. The SMILES string of the molecule is CN(CCC#N)C(=O)COC(=O)c1cc2ccccc2s1. The molecule has 0 aliphatic rings. The van der Waals surface area contributed by atoms with Crippen molar-refractivity contribution in [1.29, 1.82) is 5.26 Å². The zero-order chi connectivity index (χ0) is 15.2. The summed E-state index contributed by atoms with van der Waals surface area (Å²) in [6.07, 6.45) is 0.256. The number of nitriles is 1. The molecular weight excluding hydrogens is 288 g/mol. The summed E-state index contributed by atoms with van der Waals surface area (Å²) in [6, 6.07) is 11.4. The minimum Gasteiger partial charge on any atom is -0.451 e. The van der Waals surface area contributed by atoms with Gasteiger partial charge in [0.2, 0.25) is 0 Å². The molecule has 0 N–H and O–H groups in total. The van der Waals surface area contributed by atoms with Gasteiger partial charge in [-0.15, -0.1) is 11.3 Å². The quantitative estimate of drug-likeness (QED) is 0.795. The highest BCUT2D eigenvalue weighted by Gasteiger charge is 2.15. The molecule has 21 heavy (non-hydrogen) atoms. The van der Waals surface area contributed by atoms with E-state index in [9.17, 15) is 9.59 Å². The molecule has 1 heterocycles. The van der Waals surface area contributed by atoms with Gasteiger partial charge in [0.1, 0.15) is 4.88 Å². The molecule has 0 aliphatic heterocycles. The smallest absolute Gasteiger partial charge is 0.348 e. The van der Waals surface area contributed by atoms with Gasteiger partial charge in [0.15, 0.2) is 6.61 Å². The predicted molar refractivity (Wildman–Crippen MR) is 80.0 cm³/mol. The van der Waals surface area contributed by atoms with Gasteiger partial charge in [0.25, 0.3) is 5.91 Å². The summed E-state index contributed by atoms with van der Waals surface area (Å²) in [7, 11) is 1.58. The van der Waals surface area contributed by atoms with Crippen molar-refractivity contribution < 1.29 is 14.3 Å². The van der Waals surface area contributed by atoms with E-state index in [2.05, 4.69) is 0 Å². The van der Waals surface area contributed by atoms with Crippen LogP contribution in [0.25, 0.3) is 10.1 Å². The average Bonchev–Trinajstić information content (AvgIpc) is 2.93. The highest BCUT2D eigenvalue weighted by molar-refractivity contribution is 7.20. The largest absolute Gasteiger partial charge is 0.451 e. The third-order valence-electron chi connectivity index (χ3n) is 2.94. The maximum atomic E-state index is 11.9. The molecule has 0 saturated carbocycles. The van der Waals surface area contributed by atoms with Crippen LogP contribution in [0.1, 0.15) is 16.1 Å². The summed E-state index contributed by atoms with van der Waals surface area (Å²) >= 11 is 1.34. The molecule has 2 rings (SSSR count). The van der Waals surface area contributed by atoms with E-state index in [1.165, 1.54) is 16.2 Å². The molecule has 0 saturated heterocycles. The average molecular weight is 302 g/mol. The molecule has 1 aromatic heterocycles. The van der Waals surface area contributed by atoms with Crippen LogP contribution in [0, 0.1) is 11.3 Å². The standard InChI is InChI=1S/C15H14N2O3S/c1-17(8-4-7-16)14(18)10-20-15(19)13-9-11-5-2-3-6-12(11)21-13/h2-3,5-6,9H,4,8,10H2,1H3. The third-order valence-corrected chi connectivity index (χ3v) is 4.03. The van der Waals surface area contributed by atoms with Crippen molar-refractivity contribution in [2.75, 3.05) is 20.2 Å². The number of esters is 1. The third kappa shape index (κ3) is 3.80. The van der Waals surface area contributed by atoms with Crippen molar-refractivity contribution in [2.45, 2.75) is 6.42 Å². The minimum absolute atomic E-state index is 0.256. The Labute approximate surface area is 126 Å². The van der Waals surface area contributed by atoms with Crippen LogP contribution in [0.3, 0.4) is 0 Å². The van der Waals surface area contributed by atoms with E-state index in [4.69, 9.17) is 10.00 Å². The second kappa shape index (κ2) is 6.86. The van der Waals surface area contributed by atoms with E-state index in [1.807, 2.05) is 30.3 Å². The molecule has 0 radical (unpaired) electrons. The van der Waals surface area contributed by atoms with Crippen molar-refractivity contribution in [1.82, 2.24) is 4.90 Å². The fraction of sp³-hybridized carbons (Fsp3) is 0.267. The van der Waals surface area contributed by atoms with Crippen LogP contribution in [0.5, 0.6) is 0 Å². The van der Waals surface area contributed by atoms with Crippen LogP contribution in [0.2, 0.25) is 0 Å². The van der Waals surface area contributed by atoms with E-state index in [0.29, 0.717) is 11.4 Å². The van der Waals surface area contributed by atoms with Gasteiger partial charge >= 0.3 is 5.97 Å². The van der Waals surface area contributed by atoms with Crippen molar-refractivity contribution in [3.8, 4) is 6.07 Å². The first-order chi connectivity index (χ1) is 10.1. The summed E-state index contributed by atoms with van der Waals surface area (Å²) in [6.45, 7) is 0.0186. The lowest BCUT2D eigenvalue weighted by Crippen LogP contribution is -2.31. The molecule has 108 valence electrons. The maximum absolute atomic E-state index is 11.9. The molecular formula is C15H14N2O3S. The van der Waals surface area contributed by atoms with Gasteiger partial charge in [-0.3, -0.25) is 4.79 Å².